The Balaban J connectivity index is 2.39. The number of nitrogens with one attached hydrogen (secondary N) is 1. The van der Waals surface area contributed by atoms with E-state index in [1.807, 2.05) is 18.5 Å². The zero-order chi connectivity index (χ0) is 7.68. The van der Waals surface area contributed by atoms with Gasteiger partial charge in [-0.1, -0.05) is 0 Å². The Labute approximate surface area is 65.6 Å². The highest BCUT2D eigenvalue weighted by Gasteiger charge is 2.20. The van der Waals surface area contributed by atoms with Crippen molar-refractivity contribution in [1.29, 1.82) is 0 Å². The second-order valence-electron chi connectivity index (χ2n) is 2.83. The molecular weight excluding hydrogens is 138 g/mol. The lowest BCUT2D eigenvalue weighted by Gasteiger charge is -2.07. The van der Waals surface area contributed by atoms with Gasteiger partial charge in [0, 0.05) is 18.4 Å². The molecule has 1 unspecified atom stereocenters. The third-order valence-electron chi connectivity index (χ3n) is 2.22. The van der Waals surface area contributed by atoms with Crippen molar-refractivity contribution in [3.63, 3.8) is 0 Å². The summed E-state index contributed by atoms with van der Waals surface area (Å²) in [6.07, 6.45) is 5.93. The smallest absolute Gasteiger partial charge is 0.0467 e. The van der Waals surface area contributed by atoms with Crippen LogP contribution in [0.1, 0.15) is 23.6 Å². The zero-order valence-corrected chi connectivity index (χ0v) is 6.25. The van der Waals surface area contributed by atoms with Crippen molar-refractivity contribution in [1.82, 2.24) is 10.4 Å². The Morgan fingerprint density at radius 2 is 2.55 bits per heavy atom. The van der Waals surface area contributed by atoms with Gasteiger partial charge in [-0.2, -0.15) is 0 Å². The first-order valence-corrected chi connectivity index (χ1v) is 3.80. The Bertz CT molecular complexity index is 259. The molecule has 1 aromatic heterocycles. The van der Waals surface area contributed by atoms with Crippen LogP contribution < -0.4 is 11.3 Å². The Hall–Kier alpha value is -0.930. The lowest BCUT2D eigenvalue weighted by molar-refractivity contribution is 0.551. The number of rotatable bonds is 1. The molecule has 1 aliphatic rings. The number of aryl methyl sites for hydroxylation is 1. The Kier molecular flexibility index (Phi) is 1.60. The maximum Gasteiger partial charge on any atom is 0.0467 e. The standard InChI is InChI=1S/C8H11N3/c9-11-8-2-1-6-5-10-4-3-7(6)8/h3-5,8,11H,1-2,9H2. The van der Waals surface area contributed by atoms with Crippen LogP contribution >= 0.6 is 0 Å². The molecule has 0 aromatic carbocycles. The molecule has 0 saturated heterocycles. The topological polar surface area (TPSA) is 50.9 Å². The molecule has 0 fully saturated rings. The molecule has 1 aromatic rings. The highest BCUT2D eigenvalue weighted by Crippen LogP contribution is 2.28. The summed E-state index contributed by atoms with van der Waals surface area (Å²) >= 11 is 0. The molecule has 3 heteroatoms. The van der Waals surface area contributed by atoms with Gasteiger partial charge in [-0.25, -0.2) is 0 Å². The summed E-state index contributed by atoms with van der Waals surface area (Å²) < 4.78 is 0. The molecule has 58 valence electrons. The molecule has 11 heavy (non-hydrogen) atoms. The molecule has 1 atom stereocenters. The average Bonchev–Trinajstić information content (AvgIpc) is 2.47. The van der Waals surface area contributed by atoms with E-state index >= 15 is 0 Å². The molecule has 1 aliphatic carbocycles. The van der Waals surface area contributed by atoms with Crippen LogP contribution in [0.15, 0.2) is 18.5 Å². The third kappa shape index (κ3) is 1.02. The molecule has 0 spiro atoms. The highest BCUT2D eigenvalue weighted by molar-refractivity contribution is 5.31. The number of aromatic nitrogens is 1. The van der Waals surface area contributed by atoms with Gasteiger partial charge in [-0.3, -0.25) is 16.3 Å². The largest absolute Gasteiger partial charge is 0.271 e. The molecule has 0 bridgehead atoms. The number of hydrazine groups is 1. The lowest BCUT2D eigenvalue weighted by atomic mass is 10.1. The molecule has 0 amide bonds. The molecule has 0 saturated carbocycles. The van der Waals surface area contributed by atoms with Gasteiger partial charge in [0.15, 0.2) is 0 Å². The fourth-order valence-corrected chi connectivity index (χ4v) is 1.62. The fourth-order valence-electron chi connectivity index (χ4n) is 1.62. The molecule has 3 nitrogen and oxygen atoms in total. The Morgan fingerprint density at radius 1 is 1.64 bits per heavy atom. The van der Waals surface area contributed by atoms with Crippen LogP contribution in [0.5, 0.6) is 0 Å². The van der Waals surface area contributed by atoms with Gasteiger partial charge < -0.3 is 0 Å². The van der Waals surface area contributed by atoms with E-state index in [4.69, 9.17) is 5.84 Å². The molecular formula is C8H11N3. The predicted octanol–water partition coefficient (Wildman–Crippen LogP) is 0.532. The van der Waals surface area contributed by atoms with Gasteiger partial charge in [0.2, 0.25) is 0 Å². The average molecular weight is 149 g/mol. The lowest BCUT2D eigenvalue weighted by Crippen LogP contribution is -2.26. The van der Waals surface area contributed by atoms with Crippen LogP contribution in [-0.4, -0.2) is 4.98 Å². The first-order chi connectivity index (χ1) is 5.42. The normalized spacial score (nSPS) is 21.7. The second kappa shape index (κ2) is 2.60. The van der Waals surface area contributed by atoms with Crippen molar-refractivity contribution in [2.45, 2.75) is 18.9 Å². The minimum atomic E-state index is 0.341. The first-order valence-electron chi connectivity index (χ1n) is 3.80. The van der Waals surface area contributed by atoms with E-state index in [1.165, 1.54) is 11.1 Å². The molecule has 3 N–H and O–H groups in total. The summed E-state index contributed by atoms with van der Waals surface area (Å²) in [4.78, 5) is 4.06. The molecule has 2 rings (SSSR count). The summed E-state index contributed by atoms with van der Waals surface area (Å²) in [5.74, 6) is 5.38. The van der Waals surface area contributed by atoms with Crippen molar-refractivity contribution in [2.24, 2.45) is 5.84 Å². The van der Waals surface area contributed by atoms with Crippen molar-refractivity contribution in [3.8, 4) is 0 Å². The van der Waals surface area contributed by atoms with Crippen molar-refractivity contribution < 1.29 is 0 Å². The molecule has 0 aliphatic heterocycles. The summed E-state index contributed by atoms with van der Waals surface area (Å²) in [6.45, 7) is 0. The number of hydrogen-bond acceptors (Lipinski definition) is 3. The summed E-state index contributed by atoms with van der Waals surface area (Å²) in [6, 6.07) is 2.38. The minimum Gasteiger partial charge on any atom is -0.271 e. The van der Waals surface area contributed by atoms with Crippen molar-refractivity contribution in [3.05, 3.63) is 29.6 Å². The van der Waals surface area contributed by atoms with E-state index in [0.29, 0.717) is 6.04 Å². The fraction of sp³-hybridized carbons (Fsp3) is 0.375. The van der Waals surface area contributed by atoms with E-state index in [0.717, 1.165) is 12.8 Å². The molecule has 1 heterocycles. The van der Waals surface area contributed by atoms with Gasteiger partial charge in [-0.15, -0.1) is 0 Å². The quantitative estimate of drug-likeness (QED) is 0.452. The van der Waals surface area contributed by atoms with E-state index in [1.54, 1.807) is 0 Å². The van der Waals surface area contributed by atoms with Crippen molar-refractivity contribution >= 4 is 0 Å². The number of pyridine rings is 1. The SMILES string of the molecule is NNC1CCc2cnccc21. The van der Waals surface area contributed by atoms with Gasteiger partial charge in [-0.05, 0) is 30.0 Å². The maximum absolute atomic E-state index is 5.38. The van der Waals surface area contributed by atoms with E-state index in [-0.39, 0.29) is 0 Å². The first kappa shape index (κ1) is 6.76. The van der Waals surface area contributed by atoms with Crippen molar-refractivity contribution in [2.75, 3.05) is 0 Å². The zero-order valence-electron chi connectivity index (χ0n) is 6.25. The summed E-state index contributed by atoms with van der Waals surface area (Å²) in [5, 5.41) is 0. The van der Waals surface area contributed by atoms with Crippen LogP contribution in [0.25, 0.3) is 0 Å². The van der Waals surface area contributed by atoms with E-state index < -0.39 is 0 Å². The van der Waals surface area contributed by atoms with Crippen LogP contribution in [0.3, 0.4) is 0 Å². The number of nitrogens with two attached hydrogens (primary N) is 1. The predicted molar refractivity (Wildman–Crippen MR) is 42.6 cm³/mol. The van der Waals surface area contributed by atoms with E-state index in [2.05, 4.69) is 10.4 Å². The number of hydrogen-bond donors (Lipinski definition) is 2. The van der Waals surface area contributed by atoms with Crippen LogP contribution in [0.4, 0.5) is 0 Å². The number of fused-ring (bicyclic) bond motifs is 1. The number of nitrogens with zero attached hydrogens (tertiary/aromatic N) is 1. The maximum atomic E-state index is 5.38. The Morgan fingerprint density at radius 3 is 3.36 bits per heavy atom. The van der Waals surface area contributed by atoms with E-state index in [9.17, 15) is 0 Å². The van der Waals surface area contributed by atoms with Gasteiger partial charge in [0.1, 0.15) is 0 Å². The highest BCUT2D eigenvalue weighted by atomic mass is 15.2. The minimum absolute atomic E-state index is 0.341. The monoisotopic (exact) mass is 149 g/mol. The van der Waals surface area contributed by atoms with Crippen LogP contribution in [0, 0.1) is 0 Å². The van der Waals surface area contributed by atoms with Gasteiger partial charge in [0.25, 0.3) is 0 Å². The second-order valence-corrected chi connectivity index (χ2v) is 2.83. The van der Waals surface area contributed by atoms with Gasteiger partial charge in [0.05, 0.1) is 0 Å². The molecule has 0 radical (unpaired) electrons. The third-order valence-corrected chi connectivity index (χ3v) is 2.22. The van der Waals surface area contributed by atoms with Gasteiger partial charge >= 0.3 is 0 Å². The van der Waals surface area contributed by atoms with Crippen LogP contribution in [0.2, 0.25) is 0 Å². The summed E-state index contributed by atoms with van der Waals surface area (Å²) in [5.41, 5.74) is 5.43. The van der Waals surface area contributed by atoms with Crippen LogP contribution in [-0.2, 0) is 6.42 Å². The summed E-state index contributed by atoms with van der Waals surface area (Å²) in [7, 11) is 0.